The molecule has 0 aromatic carbocycles. The molecule has 0 heterocycles. The summed E-state index contributed by atoms with van der Waals surface area (Å²) >= 11 is 0. The highest BCUT2D eigenvalue weighted by molar-refractivity contribution is 6.26. The molecular weight excluding hydrogens is 160 g/mol. The lowest BCUT2D eigenvalue weighted by Gasteiger charge is -2.12. The van der Waals surface area contributed by atoms with Crippen molar-refractivity contribution in [2.45, 2.75) is 46.3 Å². The van der Waals surface area contributed by atoms with Crippen LogP contribution in [0.25, 0.3) is 0 Å². The van der Waals surface area contributed by atoms with Crippen molar-refractivity contribution in [2.75, 3.05) is 0 Å². The summed E-state index contributed by atoms with van der Waals surface area (Å²) in [4.78, 5) is 0. The van der Waals surface area contributed by atoms with Crippen LogP contribution in [0.15, 0.2) is 0 Å². The van der Waals surface area contributed by atoms with Crippen molar-refractivity contribution in [3.8, 4) is 0 Å². The molecule has 0 aromatic heterocycles. The number of hydrogen-bond donors (Lipinski definition) is 0. The van der Waals surface area contributed by atoms with Crippen LogP contribution in [-0.4, -0.2) is 21.4 Å². The van der Waals surface area contributed by atoms with Gasteiger partial charge in [-0.1, -0.05) is 6.92 Å². The van der Waals surface area contributed by atoms with Crippen molar-refractivity contribution < 1.29 is 13.3 Å². The number of hydrogen-bond acceptors (Lipinski definition) is 3. The van der Waals surface area contributed by atoms with E-state index in [2.05, 4.69) is 0 Å². The Bertz CT molecular complexity index is 125. The SMILES string of the molecule is CCC(C)O[Si](=O)OC(C)C. The molecule has 0 aromatic rings. The van der Waals surface area contributed by atoms with Crippen molar-refractivity contribution in [1.82, 2.24) is 0 Å². The average molecular weight is 176 g/mol. The first-order valence-corrected chi connectivity index (χ1v) is 5.16. The summed E-state index contributed by atoms with van der Waals surface area (Å²) in [5.41, 5.74) is 0. The topological polar surface area (TPSA) is 35.5 Å². The van der Waals surface area contributed by atoms with E-state index < -0.39 is 9.17 Å². The maximum atomic E-state index is 11.0. The van der Waals surface area contributed by atoms with E-state index in [9.17, 15) is 4.46 Å². The van der Waals surface area contributed by atoms with E-state index in [1.807, 2.05) is 27.7 Å². The molecule has 0 saturated heterocycles. The van der Waals surface area contributed by atoms with E-state index in [0.29, 0.717) is 0 Å². The molecule has 66 valence electrons. The molecule has 0 spiro atoms. The molecule has 1 unspecified atom stereocenters. The largest absolute Gasteiger partial charge is 0.767 e. The van der Waals surface area contributed by atoms with Gasteiger partial charge in [-0.2, -0.15) is 0 Å². The van der Waals surface area contributed by atoms with Crippen LogP contribution in [0.1, 0.15) is 34.1 Å². The highest BCUT2D eigenvalue weighted by Crippen LogP contribution is 1.97. The second-order valence-electron chi connectivity index (χ2n) is 2.75. The summed E-state index contributed by atoms with van der Waals surface area (Å²) in [6.07, 6.45) is 0.864. The molecule has 3 nitrogen and oxygen atoms in total. The van der Waals surface area contributed by atoms with Crippen LogP contribution in [0, 0.1) is 0 Å². The van der Waals surface area contributed by atoms with Gasteiger partial charge in [-0.15, -0.1) is 0 Å². The molecule has 0 radical (unpaired) electrons. The maximum Gasteiger partial charge on any atom is 0.767 e. The smallest absolute Gasteiger partial charge is 0.494 e. The standard InChI is InChI=1S/C7H16O3Si/c1-5-7(4)10-11(8)9-6(2)3/h6-7H,5H2,1-4H3. The quantitative estimate of drug-likeness (QED) is 0.597. The van der Waals surface area contributed by atoms with E-state index in [-0.39, 0.29) is 12.2 Å². The molecule has 0 bridgehead atoms. The summed E-state index contributed by atoms with van der Waals surface area (Å²) in [6.45, 7) is 7.53. The Balaban J connectivity index is 3.52. The fourth-order valence-electron chi connectivity index (χ4n) is 0.468. The van der Waals surface area contributed by atoms with Gasteiger partial charge in [0.15, 0.2) is 0 Å². The highest BCUT2D eigenvalue weighted by atomic mass is 28.3. The predicted octanol–water partition coefficient (Wildman–Crippen LogP) is 1.64. The third-order valence-corrected chi connectivity index (χ3v) is 2.46. The van der Waals surface area contributed by atoms with Crippen LogP contribution < -0.4 is 0 Å². The summed E-state index contributed by atoms with van der Waals surface area (Å²) in [5, 5.41) is 0. The second kappa shape index (κ2) is 5.29. The maximum absolute atomic E-state index is 11.0. The van der Waals surface area contributed by atoms with Gasteiger partial charge in [0.25, 0.3) is 0 Å². The van der Waals surface area contributed by atoms with Crippen LogP contribution in [0.2, 0.25) is 0 Å². The summed E-state index contributed by atoms with van der Waals surface area (Å²) < 4.78 is 20.9. The molecule has 11 heavy (non-hydrogen) atoms. The van der Waals surface area contributed by atoms with Gasteiger partial charge in [-0.3, -0.25) is 4.46 Å². The first kappa shape index (κ1) is 10.6. The Morgan fingerprint density at radius 3 is 2.18 bits per heavy atom. The van der Waals surface area contributed by atoms with Gasteiger partial charge in [0.2, 0.25) is 0 Å². The Morgan fingerprint density at radius 2 is 1.82 bits per heavy atom. The van der Waals surface area contributed by atoms with Gasteiger partial charge in [-0.25, -0.2) is 0 Å². The molecular formula is C7H16O3Si. The normalized spacial score (nSPS) is 12.8. The summed E-state index contributed by atoms with van der Waals surface area (Å²) in [5.74, 6) is 0. The van der Waals surface area contributed by atoms with Gasteiger partial charge in [-0.05, 0) is 27.2 Å². The van der Waals surface area contributed by atoms with Crippen molar-refractivity contribution >= 4 is 9.17 Å². The molecule has 0 amide bonds. The minimum Gasteiger partial charge on any atom is -0.494 e. The third-order valence-electron chi connectivity index (χ3n) is 1.20. The van der Waals surface area contributed by atoms with Gasteiger partial charge in [0, 0.05) is 0 Å². The zero-order chi connectivity index (χ0) is 8.85. The highest BCUT2D eigenvalue weighted by Gasteiger charge is 2.15. The Kier molecular flexibility index (Phi) is 5.11. The first-order chi connectivity index (χ1) is 5.06. The predicted molar refractivity (Wildman–Crippen MR) is 43.5 cm³/mol. The van der Waals surface area contributed by atoms with E-state index in [1.54, 1.807) is 0 Å². The lowest BCUT2D eigenvalue weighted by Crippen LogP contribution is -2.22. The molecule has 0 fully saturated rings. The monoisotopic (exact) mass is 176 g/mol. The summed E-state index contributed by atoms with van der Waals surface area (Å²) in [6, 6.07) is 0. The van der Waals surface area contributed by atoms with Gasteiger partial charge >= 0.3 is 9.17 Å². The Morgan fingerprint density at radius 1 is 1.27 bits per heavy atom. The molecule has 0 aliphatic heterocycles. The fourth-order valence-corrected chi connectivity index (χ4v) is 1.40. The Hall–Kier alpha value is -0.383. The van der Waals surface area contributed by atoms with Crippen LogP contribution in [-0.2, 0) is 13.3 Å². The minimum atomic E-state index is -2.25. The second-order valence-corrected chi connectivity index (χ2v) is 3.72. The van der Waals surface area contributed by atoms with Crippen LogP contribution >= 0.6 is 0 Å². The van der Waals surface area contributed by atoms with Crippen molar-refractivity contribution in [1.29, 1.82) is 0 Å². The molecule has 0 saturated carbocycles. The number of rotatable bonds is 5. The first-order valence-electron chi connectivity index (χ1n) is 3.93. The van der Waals surface area contributed by atoms with Crippen LogP contribution in [0.5, 0.6) is 0 Å². The fraction of sp³-hybridized carbons (Fsp3) is 1.00. The third kappa shape index (κ3) is 6.03. The van der Waals surface area contributed by atoms with E-state index >= 15 is 0 Å². The lowest BCUT2D eigenvalue weighted by molar-refractivity contribution is 0.100. The molecule has 0 rings (SSSR count). The van der Waals surface area contributed by atoms with Crippen LogP contribution in [0.4, 0.5) is 0 Å². The molecule has 0 aliphatic rings. The zero-order valence-electron chi connectivity index (χ0n) is 7.59. The van der Waals surface area contributed by atoms with Gasteiger partial charge in [0.1, 0.15) is 0 Å². The van der Waals surface area contributed by atoms with E-state index in [4.69, 9.17) is 8.85 Å². The lowest BCUT2D eigenvalue weighted by atomic mass is 10.3. The van der Waals surface area contributed by atoms with Crippen molar-refractivity contribution in [3.05, 3.63) is 0 Å². The Labute approximate surface area is 69.6 Å². The molecule has 1 atom stereocenters. The summed E-state index contributed by atoms with van der Waals surface area (Å²) in [7, 11) is -2.25. The molecule has 0 aliphatic carbocycles. The zero-order valence-corrected chi connectivity index (χ0v) is 8.59. The van der Waals surface area contributed by atoms with E-state index in [1.165, 1.54) is 0 Å². The van der Waals surface area contributed by atoms with E-state index in [0.717, 1.165) is 6.42 Å². The van der Waals surface area contributed by atoms with Crippen molar-refractivity contribution in [3.63, 3.8) is 0 Å². The van der Waals surface area contributed by atoms with Gasteiger partial charge in [0.05, 0.1) is 12.2 Å². The average Bonchev–Trinajstić information content (AvgIpc) is 1.85. The van der Waals surface area contributed by atoms with Crippen LogP contribution in [0.3, 0.4) is 0 Å². The minimum absolute atomic E-state index is 0.0227. The van der Waals surface area contributed by atoms with Gasteiger partial charge < -0.3 is 8.85 Å². The molecule has 4 heteroatoms. The van der Waals surface area contributed by atoms with Crippen molar-refractivity contribution in [2.24, 2.45) is 0 Å². The molecule has 0 N–H and O–H groups in total.